The van der Waals surface area contributed by atoms with Gasteiger partial charge in [-0.05, 0) is 48.6 Å². The number of halogens is 1. The summed E-state index contributed by atoms with van der Waals surface area (Å²) in [6.45, 7) is 6.97. The number of tetrazole rings is 1. The van der Waals surface area contributed by atoms with Gasteiger partial charge < -0.3 is 9.84 Å². The van der Waals surface area contributed by atoms with Crippen LogP contribution in [-0.4, -0.2) is 61.9 Å². The Kier molecular flexibility index (Phi) is 9.82. The van der Waals surface area contributed by atoms with Crippen LogP contribution in [0.5, 0.6) is 11.5 Å². The number of aromatic nitrogens is 4. The number of hydrogen-bond donors (Lipinski definition) is 2. The first kappa shape index (κ1) is 25.7. The van der Waals surface area contributed by atoms with Crippen molar-refractivity contribution < 1.29 is 9.84 Å². The predicted molar refractivity (Wildman–Crippen MR) is 126 cm³/mol. The number of hydrogen-bond acceptors (Lipinski definition) is 5. The standard InChI is InChI=1S/C23H29ClN4O2.Na.H/c1-4-16-14-19(17-8-10-18(24)11-9-17)20(29)15-21(16)30-13-7-5-6-12-23(2,3)22-25-27-28-26-22;;/h8-11,14-15,29H,4-7,12-13H2,1-3H3,(H,25,26,27,28);;. The number of benzene rings is 2. The van der Waals surface area contributed by atoms with Gasteiger partial charge in [0, 0.05) is 22.1 Å². The summed E-state index contributed by atoms with van der Waals surface area (Å²) in [5.41, 5.74) is 2.71. The van der Waals surface area contributed by atoms with E-state index in [4.69, 9.17) is 16.3 Å². The van der Waals surface area contributed by atoms with Gasteiger partial charge in [-0.25, -0.2) is 0 Å². The van der Waals surface area contributed by atoms with Crippen molar-refractivity contribution in [2.75, 3.05) is 6.61 Å². The molecule has 0 aliphatic rings. The Hall–Kier alpha value is -1.60. The summed E-state index contributed by atoms with van der Waals surface area (Å²) in [6.07, 6.45) is 4.88. The SMILES string of the molecule is CCc1cc(-c2ccc(Cl)cc2)c(O)cc1OCCCCCC(C)(C)c1nn[nH]n1.[NaH]. The summed E-state index contributed by atoms with van der Waals surface area (Å²) in [7, 11) is 0. The van der Waals surface area contributed by atoms with Crippen LogP contribution in [0, 0.1) is 0 Å². The number of aromatic hydroxyl groups is 1. The average Bonchev–Trinajstić information content (AvgIpc) is 3.27. The third kappa shape index (κ3) is 6.94. The zero-order valence-electron chi connectivity index (χ0n) is 17.8. The van der Waals surface area contributed by atoms with Crippen LogP contribution in [0.25, 0.3) is 11.1 Å². The average molecular weight is 453 g/mol. The van der Waals surface area contributed by atoms with E-state index < -0.39 is 0 Å². The second kappa shape index (κ2) is 11.9. The molecule has 0 fully saturated rings. The molecule has 6 nitrogen and oxygen atoms in total. The van der Waals surface area contributed by atoms with E-state index in [-0.39, 0.29) is 40.7 Å². The zero-order valence-corrected chi connectivity index (χ0v) is 18.5. The Morgan fingerprint density at radius 1 is 1.10 bits per heavy atom. The Morgan fingerprint density at radius 2 is 1.84 bits per heavy atom. The Morgan fingerprint density at radius 3 is 2.48 bits per heavy atom. The number of nitrogens with one attached hydrogen (secondary N) is 1. The maximum absolute atomic E-state index is 10.5. The van der Waals surface area contributed by atoms with Crippen LogP contribution in [0.1, 0.15) is 57.8 Å². The fraction of sp³-hybridized carbons (Fsp3) is 0.435. The van der Waals surface area contributed by atoms with Crippen molar-refractivity contribution in [3.05, 3.63) is 52.8 Å². The van der Waals surface area contributed by atoms with Crippen LogP contribution in [0.2, 0.25) is 5.02 Å². The second-order valence-electron chi connectivity index (χ2n) is 8.12. The number of nitrogens with zero attached hydrogens (tertiary/aromatic N) is 3. The molecule has 0 spiro atoms. The molecule has 0 radical (unpaired) electrons. The third-order valence-electron chi connectivity index (χ3n) is 5.37. The summed E-state index contributed by atoms with van der Waals surface area (Å²) < 4.78 is 6.00. The number of phenols is 1. The molecule has 162 valence electrons. The summed E-state index contributed by atoms with van der Waals surface area (Å²) in [4.78, 5) is 0. The summed E-state index contributed by atoms with van der Waals surface area (Å²) >= 11 is 5.97. The van der Waals surface area contributed by atoms with Gasteiger partial charge in [0.05, 0.1) is 6.61 Å². The molecule has 0 atom stereocenters. The van der Waals surface area contributed by atoms with Gasteiger partial charge in [-0.3, -0.25) is 0 Å². The molecule has 0 bridgehead atoms. The van der Waals surface area contributed by atoms with E-state index in [0.29, 0.717) is 11.6 Å². The molecule has 3 aromatic rings. The van der Waals surface area contributed by atoms with Crippen molar-refractivity contribution in [3.8, 4) is 22.6 Å². The topological polar surface area (TPSA) is 83.9 Å². The number of ether oxygens (including phenoxy) is 1. The fourth-order valence-electron chi connectivity index (χ4n) is 3.47. The van der Waals surface area contributed by atoms with Gasteiger partial charge in [0.15, 0.2) is 5.82 Å². The van der Waals surface area contributed by atoms with E-state index in [0.717, 1.165) is 60.4 Å². The van der Waals surface area contributed by atoms with E-state index in [1.165, 1.54) is 0 Å². The second-order valence-corrected chi connectivity index (χ2v) is 8.55. The fourth-order valence-corrected chi connectivity index (χ4v) is 3.60. The molecule has 0 aliphatic heterocycles. The summed E-state index contributed by atoms with van der Waals surface area (Å²) in [6, 6.07) is 11.2. The minimum absolute atomic E-state index is 0. The molecule has 31 heavy (non-hydrogen) atoms. The van der Waals surface area contributed by atoms with Gasteiger partial charge >= 0.3 is 29.6 Å². The minimum atomic E-state index is -0.0907. The van der Waals surface area contributed by atoms with E-state index in [1.807, 2.05) is 30.3 Å². The predicted octanol–water partition coefficient (Wildman–Crippen LogP) is 5.06. The van der Waals surface area contributed by atoms with Crippen LogP contribution in [0.4, 0.5) is 0 Å². The van der Waals surface area contributed by atoms with E-state index in [2.05, 4.69) is 41.4 Å². The van der Waals surface area contributed by atoms with Crippen molar-refractivity contribution >= 4 is 41.2 Å². The summed E-state index contributed by atoms with van der Waals surface area (Å²) in [5, 5.41) is 25.6. The van der Waals surface area contributed by atoms with Gasteiger partial charge in [0.2, 0.25) is 0 Å². The van der Waals surface area contributed by atoms with E-state index >= 15 is 0 Å². The van der Waals surface area contributed by atoms with Crippen molar-refractivity contribution in [1.29, 1.82) is 0 Å². The molecule has 1 aromatic heterocycles. The van der Waals surface area contributed by atoms with E-state index in [1.54, 1.807) is 6.07 Å². The van der Waals surface area contributed by atoms with Crippen LogP contribution < -0.4 is 4.74 Å². The number of H-pyrrole nitrogens is 1. The first-order chi connectivity index (χ1) is 14.4. The van der Waals surface area contributed by atoms with Crippen molar-refractivity contribution in [2.24, 2.45) is 0 Å². The van der Waals surface area contributed by atoms with Gasteiger partial charge in [0.25, 0.3) is 0 Å². The molecule has 0 aliphatic carbocycles. The molecule has 0 amide bonds. The Labute approximate surface area is 211 Å². The number of rotatable bonds is 10. The van der Waals surface area contributed by atoms with Crippen molar-refractivity contribution in [1.82, 2.24) is 20.6 Å². The first-order valence-electron chi connectivity index (χ1n) is 10.4. The molecule has 8 heteroatoms. The van der Waals surface area contributed by atoms with E-state index in [9.17, 15) is 5.11 Å². The molecule has 3 rings (SSSR count). The van der Waals surface area contributed by atoms with Crippen LogP contribution in [0.3, 0.4) is 0 Å². The number of aryl methyl sites for hydroxylation is 1. The molecule has 0 saturated carbocycles. The normalized spacial score (nSPS) is 11.2. The Balaban J connectivity index is 0.00000341. The molecule has 0 saturated heterocycles. The van der Waals surface area contributed by atoms with Gasteiger partial charge in [-0.15, -0.1) is 10.2 Å². The Bertz CT molecular complexity index is 947. The van der Waals surface area contributed by atoms with Crippen LogP contribution >= 0.6 is 11.6 Å². The number of aromatic amines is 1. The third-order valence-corrected chi connectivity index (χ3v) is 5.62. The van der Waals surface area contributed by atoms with Gasteiger partial charge in [-0.1, -0.05) is 62.6 Å². The molecule has 2 aromatic carbocycles. The quantitative estimate of drug-likeness (QED) is 0.332. The van der Waals surface area contributed by atoms with Crippen molar-refractivity contribution in [2.45, 2.75) is 58.3 Å². The molecule has 0 unspecified atom stereocenters. The summed E-state index contributed by atoms with van der Waals surface area (Å²) in [5.74, 6) is 1.72. The molecular formula is C23H30ClN4NaO2. The number of unbranched alkanes of at least 4 members (excludes halogenated alkanes) is 2. The van der Waals surface area contributed by atoms with Gasteiger partial charge in [0.1, 0.15) is 11.5 Å². The molecule has 2 N–H and O–H groups in total. The molecule has 1 heterocycles. The molecular weight excluding hydrogens is 423 g/mol. The zero-order chi connectivity index (χ0) is 21.6. The van der Waals surface area contributed by atoms with Crippen molar-refractivity contribution in [3.63, 3.8) is 0 Å². The van der Waals surface area contributed by atoms with Crippen LogP contribution in [0.15, 0.2) is 36.4 Å². The van der Waals surface area contributed by atoms with Gasteiger partial charge in [-0.2, -0.15) is 5.21 Å². The monoisotopic (exact) mass is 452 g/mol. The maximum atomic E-state index is 10.5. The number of phenolic OH excluding ortho intramolecular Hbond substituents is 1. The first-order valence-corrected chi connectivity index (χ1v) is 10.8. The van der Waals surface area contributed by atoms with Crippen LogP contribution in [-0.2, 0) is 11.8 Å².